The van der Waals surface area contributed by atoms with Crippen molar-refractivity contribution in [1.29, 1.82) is 0 Å². The zero-order valence-electron chi connectivity index (χ0n) is 15.3. The minimum absolute atomic E-state index is 0.253. The van der Waals surface area contributed by atoms with Gasteiger partial charge in [-0.05, 0) is 38.7 Å². The Morgan fingerprint density at radius 2 is 1.88 bits per heavy atom. The molecule has 0 aliphatic heterocycles. The minimum Gasteiger partial charge on any atom is -0.317 e. The molecule has 1 N–H and O–H groups in total. The van der Waals surface area contributed by atoms with Crippen LogP contribution >= 0.6 is 11.8 Å². The quantitative estimate of drug-likeness (QED) is 0.551. The van der Waals surface area contributed by atoms with Gasteiger partial charge in [-0.3, -0.25) is 9.48 Å². The maximum atomic E-state index is 12.7. The van der Waals surface area contributed by atoms with Crippen molar-refractivity contribution in [2.75, 3.05) is 11.6 Å². The van der Waals surface area contributed by atoms with Gasteiger partial charge in [-0.2, -0.15) is 5.10 Å². The van der Waals surface area contributed by atoms with Gasteiger partial charge in [0.05, 0.1) is 23.6 Å². The molecule has 1 aromatic carbocycles. The monoisotopic (exact) mass is 367 g/mol. The SMILES string of the molecule is CSc1nc(C)cc(C(=O)Nc2c(C)nn(Cc3ccccc3)c2C)n1. The van der Waals surface area contributed by atoms with Gasteiger partial charge in [0.25, 0.3) is 5.91 Å². The molecular formula is C19H21N5OS. The topological polar surface area (TPSA) is 72.7 Å². The molecule has 0 spiro atoms. The summed E-state index contributed by atoms with van der Waals surface area (Å²) in [6.07, 6.45) is 1.89. The van der Waals surface area contributed by atoms with E-state index >= 15 is 0 Å². The number of thioether (sulfide) groups is 1. The molecule has 7 heteroatoms. The molecule has 134 valence electrons. The Hall–Kier alpha value is -2.67. The fraction of sp³-hybridized carbons (Fsp3) is 0.263. The van der Waals surface area contributed by atoms with Gasteiger partial charge < -0.3 is 5.32 Å². The van der Waals surface area contributed by atoms with Gasteiger partial charge in [-0.25, -0.2) is 9.97 Å². The van der Waals surface area contributed by atoms with Crippen molar-refractivity contribution in [1.82, 2.24) is 19.7 Å². The maximum absolute atomic E-state index is 12.7. The van der Waals surface area contributed by atoms with Crippen LogP contribution < -0.4 is 5.32 Å². The number of nitrogens with one attached hydrogen (secondary N) is 1. The van der Waals surface area contributed by atoms with Gasteiger partial charge in [-0.1, -0.05) is 42.1 Å². The van der Waals surface area contributed by atoms with Crippen molar-refractivity contribution in [3.8, 4) is 0 Å². The van der Waals surface area contributed by atoms with Crippen LogP contribution in [0.25, 0.3) is 0 Å². The predicted molar refractivity (Wildman–Crippen MR) is 104 cm³/mol. The number of rotatable bonds is 5. The third kappa shape index (κ3) is 3.94. The summed E-state index contributed by atoms with van der Waals surface area (Å²) >= 11 is 1.41. The lowest BCUT2D eigenvalue weighted by Crippen LogP contribution is -2.16. The van der Waals surface area contributed by atoms with Crippen molar-refractivity contribution < 1.29 is 4.79 Å². The third-order valence-corrected chi connectivity index (χ3v) is 4.59. The van der Waals surface area contributed by atoms with Crippen LogP contribution in [-0.2, 0) is 6.54 Å². The van der Waals surface area contributed by atoms with E-state index in [1.165, 1.54) is 11.8 Å². The van der Waals surface area contributed by atoms with Gasteiger partial charge in [0, 0.05) is 5.69 Å². The van der Waals surface area contributed by atoms with E-state index in [9.17, 15) is 4.79 Å². The van der Waals surface area contributed by atoms with Gasteiger partial charge >= 0.3 is 0 Å². The molecule has 0 atom stereocenters. The largest absolute Gasteiger partial charge is 0.317 e. The summed E-state index contributed by atoms with van der Waals surface area (Å²) in [5.41, 5.74) is 4.71. The molecule has 0 aliphatic carbocycles. The number of carbonyl (C=O) groups is 1. The van der Waals surface area contributed by atoms with E-state index < -0.39 is 0 Å². The smallest absolute Gasteiger partial charge is 0.274 e. The molecule has 6 nitrogen and oxygen atoms in total. The summed E-state index contributed by atoms with van der Waals surface area (Å²) in [6.45, 7) is 6.36. The molecule has 3 aromatic rings. The number of anilines is 1. The number of hydrogen-bond acceptors (Lipinski definition) is 5. The highest BCUT2D eigenvalue weighted by atomic mass is 32.2. The van der Waals surface area contributed by atoms with Crippen LogP contribution in [0.1, 0.15) is 33.1 Å². The molecule has 0 saturated heterocycles. The summed E-state index contributed by atoms with van der Waals surface area (Å²) in [6, 6.07) is 11.8. The van der Waals surface area contributed by atoms with Crippen molar-refractivity contribution in [2.24, 2.45) is 0 Å². The van der Waals surface area contributed by atoms with E-state index in [4.69, 9.17) is 0 Å². The first kappa shape index (κ1) is 18.1. The lowest BCUT2D eigenvalue weighted by atomic mass is 10.2. The third-order valence-electron chi connectivity index (χ3n) is 4.04. The first-order valence-corrected chi connectivity index (χ1v) is 9.49. The van der Waals surface area contributed by atoms with Gasteiger partial charge in [0.15, 0.2) is 5.16 Å². The number of carbonyl (C=O) groups excluding carboxylic acids is 1. The molecule has 0 aliphatic rings. The summed E-state index contributed by atoms with van der Waals surface area (Å²) in [5, 5.41) is 8.11. The second-order valence-corrected chi connectivity index (χ2v) is 6.80. The Morgan fingerprint density at radius 3 is 2.58 bits per heavy atom. The van der Waals surface area contributed by atoms with E-state index in [0.29, 0.717) is 17.4 Å². The molecule has 0 bridgehead atoms. The number of hydrogen-bond donors (Lipinski definition) is 1. The number of aromatic nitrogens is 4. The highest BCUT2D eigenvalue weighted by Gasteiger charge is 2.17. The van der Waals surface area contributed by atoms with Crippen LogP contribution in [0, 0.1) is 20.8 Å². The molecule has 3 rings (SSSR count). The first-order valence-electron chi connectivity index (χ1n) is 8.27. The number of nitrogens with zero attached hydrogens (tertiary/aromatic N) is 4. The lowest BCUT2D eigenvalue weighted by Gasteiger charge is -2.08. The fourth-order valence-electron chi connectivity index (χ4n) is 2.71. The molecule has 0 unspecified atom stereocenters. The van der Waals surface area contributed by atoms with Crippen molar-refractivity contribution in [3.63, 3.8) is 0 Å². The van der Waals surface area contributed by atoms with Crippen LogP contribution in [0.3, 0.4) is 0 Å². The summed E-state index contributed by atoms with van der Waals surface area (Å²) in [4.78, 5) is 21.2. The maximum Gasteiger partial charge on any atom is 0.274 e. The zero-order chi connectivity index (χ0) is 18.7. The minimum atomic E-state index is -0.253. The normalized spacial score (nSPS) is 10.8. The first-order chi connectivity index (χ1) is 12.5. The highest BCUT2D eigenvalue weighted by Crippen LogP contribution is 2.21. The number of aryl methyl sites for hydroxylation is 2. The van der Waals surface area contributed by atoms with Gasteiger partial charge in [0.1, 0.15) is 5.69 Å². The van der Waals surface area contributed by atoms with Crippen LogP contribution in [0.15, 0.2) is 41.6 Å². The number of amides is 1. The highest BCUT2D eigenvalue weighted by molar-refractivity contribution is 7.98. The lowest BCUT2D eigenvalue weighted by molar-refractivity contribution is 0.102. The van der Waals surface area contributed by atoms with E-state index in [1.54, 1.807) is 6.07 Å². The van der Waals surface area contributed by atoms with E-state index in [1.807, 2.05) is 49.9 Å². The van der Waals surface area contributed by atoms with E-state index in [2.05, 4.69) is 32.5 Å². The molecule has 2 heterocycles. The predicted octanol–water partition coefficient (Wildman–Crippen LogP) is 3.62. The Kier molecular flexibility index (Phi) is 5.37. The Labute approximate surface area is 157 Å². The summed E-state index contributed by atoms with van der Waals surface area (Å²) in [5.74, 6) is -0.253. The van der Waals surface area contributed by atoms with Crippen LogP contribution in [0.5, 0.6) is 0 Å². The van der Waals surface area contributed by atoms with E-state index in [-0.39, 0.29) is 5.91 Å². The van der Waals surface area contributed by atoms with E-state index in [0.717, 1.165) is 28.3 Å². The van der Waals surface area contributed by atoms with Gasteiger partial charge in [0.2, 0.25) is 0 Å². The number of benzene rings is 1. The molecule has 0 saturated carbocycles. The standard InChI is InChI=1S/C19H21N5OS/c1-12-10-16(21-19(20-12)26-4)18(25)22-17-13(2)23-24(14(17)3)11-15-8-6-5-7-9-15/h5-10H,11H2,1-4H3,(H,22,25). The molecule has 1 amide bonds. The van der Waals surface area contributed by atoms with Crippen molar-refractivity contribution in [2.45, 2.75) is 32.5 Å². The van der Waals surface area contributed by atoms with Gasteiger partial charge in [-0.15, -0.1) is 0 Å². The summed E-state index contributed by atoms with van der Waals surface area (Å²) in [7, 11) is 0. The van der Waals surface area contributed by atoms with Crippen molar-refractivity contribution in [3.05, 3.63) is 64.7 Å². The zero-order valence-corrected chi connectivity index (χ0v) is 16.1. The average Bonchev–Trinajstić information content (AvgIpc) is 2.89. The average molecular weight is 367 g/mol. The second kappa shape index (κ2) is 7.70. The molecule has 0 radical (unpaired) electrons. The molecular weight excluding hydrogens is 346 g/mol. The summed E-state index contributed by atoms with van der Waals surface area (Å²) < 4.78 is 1.90. The molecule has 2 aromatic heterocycles. The molecule has 0 fully saturated rings. The van der Waals surface area contributed by atoms with Crippen LogP contribution in [0.2, 0.25) is 0 Å². The Balaban J connectivity index is 1.84. The Morgan fingerprint density at radius 1 is 1.15 bits per heavy atom. The van der Waals surface area contributed by atoms with Crippen LogP contribution in [-0.4, -0.2) is 31.9 Å². The molecule has 26 heavy (non-hydrogen) atoms. The second-order valence-electron chi connectivity index (χ2n) is 6.02. The van der Waals surface area contributed by atoms with Crippen LogP contribution in [0.4, 0.5) is 5.69 Å². The van der Waals surface area contributed by atoms with Crippen molar-refractivity contribution >= 4 is 23.4 Å². The fourth-order valence-corrected chi connectivity index (χ4v) is 3.14. The Bertz CT molecular complexity index is 937.